The maximum absolute atomic E-state index is 5.84. The molecule has 0 aliphatic heterocycles. The first-order valence-corrected chi connectivity index (χ1v) is 6.75. The Bertz CT molecular complexity index is 505. The van der Waals surface area contributed by atoms with Crippen LogP contribution in [0.25, 0.3) is 0 Å². The molecule has 1 aromatic heterocycles. The summed E-state index contributed by atoms with van der Waals surface area (Å²) in [6.07, 6.45) is 2.84. The molecule has 0 unspecified atom stereocenters. The quantitative estimate of drug-likeness (QED) is 0.770. The third kappa shape index (κ3) is 3.86. The van der Waals surface area contributed by atoms with Gasteiger partial charge >= 0.3 is 0 Å². The van der Waals surface area contributed by atoms with Crippen LogP contribution in [0.1, 0.15) is 30.2 Å². The standard InChI is InChI=1S/C16H21NO2/c1-3-9-17-11-16-14(8-10-18-16)12-19-15-7-5-4-6-13(15)2/h4-8,10,17H,3,9,11-12H2,1-2H3. The van der Waals surface area contributed by atoms with Crippen LogP contribution in [-0.4, -0.2) is 6.54 Å². The van der Waals surface area contributed by atoms with E-state index in [-0.39, 0.29) is 0 Å². The van der Waals surface area contributed by atoms with Crippen molar-refractivity contribution in [3.63, 3.8) is 0 Å². The number of ether oxygens (including phenoxy) is 1. The summed E-state index contributed by atoms with van der Waals surface area (Å²) in [5.74, 6) is 1.89. The number of hydrogen-bond donors (Lipinski definition) is 1. The lowest BCUT2D eigenvalue weighted by Crippen LogP contribution is -2.14. The number of para-hydroxylation sites is 1. The summed E-state index contributed by atoms with van der Waals surface area (Å²) in [6, 6.07) is 10.0. The second-order valence-electron chi connectivity index (χ2n) is 4.60. The fraction of sp³-hybridized carbons (Fsp3) is 0.375. The van der Waals surface area contributed by atoms with Gasteiger partial charge in [-0.2, -0.15) is 0 Å². The zero-order valence-electron chi connectivity index (χ0n) is 11.6. The molecule has 2 rings (SSSR count). The molecule has 1 heterocycles. The zero-order valence-corrected chi connectivity index (χ0v) is 11.6. The summed E-state index contributed by atoms with van der Waals surface area (Å²) in [4.78, 5) is 0. The molecule has 0 radical (unpaired) electrons. The van der Waals surface area contributed by atoms with Gasteiger partial charge in [0.05, 0.1) is 12.8 Å². The van der Waals surface area contributed by atoms with Gasteiger partial charge in [0.2, 0.25) is 0 Å². The molecular formula is C16H21NO2. The predicted octanol–water partition coefficient (Wildman–Crippen LogP) is 3.67. The summed E-state index contributed by atoms with van der Waals surface area (Å²) in [7, 11) is 0. The smallest absolute Gasteiger partial charge is 0.124 e. The van der Waals surface area contributed by atoms with Crippen molar-refractivity contribution in [3.8, 4) is 5.75 Å². The van der Waals surface area contributed by atoms with Gasteiger partial charge in [0.1, 0.15) is 18.1 Å². The van der Waals surface area contributed by atoms with Crippen LogP contribution in [0.4, 0.5) is 0 Å². The van der Waals surface area contributed by atoms with Crippen LogP contribution in [0.5, 0.6) is 5.75 Å². The van der Waals surface area contributed by atoms with Crippen molar-refractivity contribution < 1.29 is 9.15 Å². The molecular weight excluding hydrogens is 238 g/mol. The molecule has 0 saturated carbocycles. The zero-order chi connectivity index (χ0) is 13.5. The Kier molecular flexibility index (Phi) is 5.04. The Hall–Kier alpha value is -1.74. The maximum Gasteiger partial charge on any atom is 0.124 e. The average molecular weight is 259 g/mol. The molecule has 0 spiro atoms. The van der Waals surface area contributed by atoms with E-state index in [0.717, 1.165) is 42.1 Å². The summed E-state index contributed by atoms with van der Waals surface area (Å²) >= 11 is 0. The molecule has 3 heteroatoms. The van der Waals surface area contributed by atoms with E-state index in [0.29, 0.717) is 6.61 Å². The van der Waals surface area contributed by atoms with Crippen LogP contribution in [0.15, 0.2) is 41.0 Å². The second kappa shape index (κ2) is 7.00. The number of benzene rings is 1. The molecule has 0 atom stereocenters. The first kappa shape index (κ1) is 13.7. The Balaban J connectivity index is 1.93. The van der Waals surface area contributed by atoms with E-state index in [1.165, 1.54) is 0 Å². The van der Waals surface area contributed by atoms with Gasteiger partial charge in [-0.05, 0) is 37.6 Å². The molecule has 1 N–H and O–H groups in total. The molecule has 0 saturated heterocycles. The highest BCUT2D eigenvalue weighted by molar-refractivity contribution is 5.32. The Morgan fingerprint density at radius 1 is 1.21 bits per heavy atom. The Morgan fingerprint density at radius 2 is 2.05 bits per heavy atom. The van der Waals surface area contributed by atoms with Gasteiger partial charge < -0.3 is 14.5 Å². The third-order valence-electron chi connectivity index (χ3n) is 3.03. The van der Waals surface area contributed by atoms with Crippen LogP contribution in [-0.2, 0) is 13.2 Å². The second-order valence-corrected chi connectivity index (χ2v) is 4.60. The minimum absolute atomic E-state index is 0.546. The minimum atomic E-state index is 0.546. The fourth-order valence-electron chi connectivity index (χ4n) is 1.90. The van der Waals surface area contributed by atoms with E-state index in [1.54, 1.807) is 6.26 Å². The molecule has 0 aliphatic carbocycles. The Morgan fingerprint density at radius 3 is 2.84 bits per heavy atom. The van der Waals surface area contributed by atoms with Crippen LogP contribution < -0.4 is 10.1 Å². The lowest BCUT2D eigenvalue weighted by Gasteiger charge is -2.09. The molecule has 3 nitrogen and oxygen atoms in total. The predicted molar refractivity (Wildman–Crippen MR) is 76.2 cm³/mol. The number of furan rings is 1. The van der Waals surface area contributed by atoms with Crippen molar-refractivity contribution >= 4 is 0 Å². The Labute approximate surface area is 114 Å². The molecule has 1 aromatic carbocycles. The minimum Gasteiger partial charge on any atom is -0.489 e. The van der Waals surface area contributed by atoms with Crippen molar-refractivity contribution in [2.45, 2.75) is 33.4 Å². The van der Waals surface area contributed by atoms with E-state index in [4.69, 9.17) is 9.15 Å². The van der Waals surface area contributed by atoms with Gasteiger partial charge in [0.25, 0.3) is 0 Å². The summed E-state index contributed by atoms with van der Waals surface area (Å²) in [5.41, 5.74) is 2.25. The van der Waals surface area contributed by atoms with E-state index in [9.17, 15) is 0 Å². The molecule has 0 fully saturated rings. The molecule has 102 valence electrons. The van der Waals surface area contributed by atoms with Gasteiger partial charge in [0, 0.05) is 5.56 Å². The molecule has 0 bridgehead atoms. The number of aryl methyl sites for hydroxylation is 1. The lowest BCUT2D eigenvalue weighted by molar-refractivity contribution is 0.299. The molecule has 2 aromatic rings. The maximum atomic E-state index is 5.84. The SMILES string of the molecule is CCCNCc1occc1COc1ccccc1C. The third-order valence-corrected chi connectivity index (χ3v) is 3.03. The van der Waals surface area contributed by atoms with Crippen LogP contribution in [0.2, 0.25) is 0 Å². The van der Waals surface area contributed by atoms with Gasteiger partial charge in [-0.25, -0.2) is 0 Å². The van der Waals surface area contributed by atoms with E-state index >= 15 is 0 Å². The monoisotopic (exact) mass is 259 g/mol. The van der Waals surface area contributed by atoms with Crippen LogP contribution in [0, 0.1) is 6.92 Å². The van der Waals surface area contributed by atoms with E-state index < -0.39 is 0 Å². The van der Waals surface area contributed by atoms with E-state index in [1.807, 2.05) is 24.3 Å². The van der Waals surface area contributed by atoms with Crippen molar-refractivity contribution in [1.29, 1.82) is 0 Å². The van der Waals surface area contributed by atoms with E-state index in [2.05, 4.69) is 25.2 Å². The average Bonchev–Trinajstić information content (AvgIpc) is 2.86. The van der Waals surface area contributed by atoms with Gasteiger partial charge in [0.15, 0.2) is 0 Å². The number of nitrogens with one attached hydrogen (secondary N) is 1. The first-order chi connectivity index (χ1) is 9.31. The fourth-order valence-corrected chi connectivity index (χ4v) is 1.90. The van der Waals surface area contributed by atoms with Crippen LogP contribution >= 0.6 is 0 Å². The summed E-state index contributed by atoms with van der Waals surface area (Å²) in [5, 5.41) is 3.34. The summed E-state index contributed by atoms with van der Waals surface area (Å²) < 4.78 is 11.3. The number of rotatable bonds is 7. The molecule has 0 amide bonds. The largest absolute Gasteiger partial charge is 0.489 e. The first-order valence-electron chi connectivity index (χ1n) is 6.75. The number of hydrogen-bond acceptors (Lipinski definition) is 3. The van der Waals surface area contributed by atoms with Gasteiger partial charge in [-0.1, -0.05) is 25.1 Å². The highest BCUT2D eigenvalue weighted by Gasteiger charge is 2.07. The highest BCUT2D eigenvalue weighted by atomic mass is 16.5. The topological polar surface area (TPSA) is 34.4 Å². The van der Waals surface area contributed by atoms with Crippen molar-refractivity contribution in [1.82, 2.24) is 5.32 Å². The van der Waals surface area contributed by atoms with Gasteiger partial charge in [-0.3, -0.25) is 0 Å². The van der Waals surface area contributed by atoms with Crippen LogP contribution in [0.3, 0.4) is 0 Å². The molecule has 0 aliphatic rings. The lowest BCUT2D eigenvalue weighted by atomic mass is 10.2. The van der Waals surface area contributed by atoms with Crippen molar-refractivity contribution in [2.24, 2.45) is 0 Å². The molecule has 19 heavy (non-hydrogen) atoms. The van der Waals surface area contributed by atoms with Crippen molar-refractivity contribution in [3.05, 3.63) is 53.5 Å². The van der Waals surface area contributed by atoms with Crippen molar-refractivity contribution in [2.75, 3.05) is 6.54 Å². The normalized spacial score (nSPS) is 10.6. The van der Waals surface area contributed by atoms with Gasteiger partial charge in [-0.15, -0.1) is 0 Å². The summed E-state index contributed by atoms with van der Waals surface area (Å²) in [6.45, 7) is 6.50. The highest BCUT2D eigenvalue weighted by Crippen LogP contribution is 2.19.